The molecule has 0 atom stereocenters. The maximum atomic E-state index is 13.5. The van der Waals surface area contributed by atoms with E-state index in [1.165, 1.54) is 4.57 Å². The number of nitrogens with zero attached hydrogens (tertiary/aromatic N) is 1. The lowest BCUT2D eigenvalue weighted by molar-refractivity contribution is 0.336. The maximum absolute atomic E-state index is 13.5. The third-order valence-corrected chi connectivity index (χ3v) is 5.10. The van der Waals surface area contributed by atoms with Crippen LogP contribution in [0.5, 0.6) is 0 Å². The smallest absolute Gasteiger partial charge is 0.261 e. The van der Waals surface area contributed by atoms with Gasteiger partial charge in [-0.1, -0.05) is 66.7 Å². The van der Waals surface area contributed by atoms with Crippen LogP contribution in [0.25, 0.3) is 21.5 Å². The van der Waals surface area contributed by atoms with Crippen LogP contribution in [0.1, 0.15) is 19.4 Å². The third-order valence-electron chi connectivity index (χ3n) is 5.10. The molecular formula is C24H21NO2. The van der Waals surface area contributed by atoms with E-state index in [0.717, 1.165) is 16.3 Å². The number of fused-ring (bicyclic) bond motifs is 3. The van der Waals surface area contributed by atoms with Gasteiger partial charge in [0.25, 0.3) is 11.1 Å². The normalized spacial score (nSPS) is 11.8. The number of rotatable bonds is 3. The summed E-state index contributed by atoms with van der Waals surface area (Å²) >= 11 is 0. The molecule has 4 rings (SSSR count). The standard InChI is InChI=1S/C24H21NO2/c1-24(2,16-17-10-4-3-5-11-17)25-22(26)20-14-8-6-12-18(20)19-13-7-9-15-21(19)23(25)27/h3-15H,16H2,1-2H3. The van der Waals surface area contributed by atoms with Crippen molar-refractivity contribution in [1.29, 1.82) is 0 Å². The lowest BCUT2D eigenvalue weighted by Gasteiger charge is -2.26. The zero-order chi connectivity index (χ0) is 19.0. The molecule has 0 saturated heterocycles. The van der Waals surface area contributed by atoms with Crippen LogP contribution in [0, 0.1) is 0 Å². The van der Waals surface area contributed by atoms with Gasteiger partial charge in [-0.2, -0.15) is 0 Å². The lowest BCUT2D eigenvalue weighted by Crippen LogP contribution is -2.44. The van der Waals surface area contributed by atoms with E-state index in [2.05, 4.69) is 0 Å². The van der Waals surface area contributed by atoms with Gasteiger partial charge in [0.2, 0.25) is 0 Å². The van der Waals surface area contributed by atoms with Crippen LogP contribution in [0.3, 0.4) is 0 Å². The Labute approximate surface area is 157 Å². The molecule has 4 aromatic rings. The van der Waals surface area contributed by atoms with E-state index in [4.69, 9.17) is 0 Å². The summed E-state index contributed by atoms with van der Waals surface area (Å²) in [5.74, 6) is 0. The molecular weight excluding hydrogens is 334 g/mol. The van der Waals surface area contributed by atoms with E-state index in [1.807, 2.05) is 80.6 Å². The van der Waals surface area contributed by atoms with E-state index in [9.17, 15) is 9.59 Å². The minimum absolute atomic E-state index is 0.243. The molecule has 0 saturated carbocycles. The molecule has 0 amide bonds. The molecule has 27 heavy (non-hydrogen) atoms. The summed E-state index contributed by atoms with van der Waals surface area (Å²) < 4.78 is 1.44. The molecule has 0 aliphatic rings. The van der Waals surface area contributed by atoms with Gasteiger partial charge in [-0.05, 0) is 48.7 Å². The summed E-state index contributed by atoms with van der Waals surface area (Å²) in [6.07, 6.45) is 0.593. The minimum atomic E-state index is -0.667. The summed E-state index contributed by atoms with van der Waals surface area (Å²) in [6, 6.07) is 24.9. The van der Waals surface area contributed by atoms with Gasteiger partial charge in [-0.25, -0.2) is 0 Å². The van der Waals surface area contributed by atoms with Crippen LogP contribution in [-0.4, -0.2) is 4.57 Å². The van der Waals surface area contributed by atoms with Crippen LogP contribution in [-0.2, 0) is 12.0 Å². The first-order chi connectivity index (χ1) is 13.0. The fourth-order valence-electron chi connectivity index (χ4n) is 3.87. The van der Waals surface area contributed by atoms with Crippen molar-refractivity contribution < 1.29 is 0 Å². The highest BCUT2D eigenvalue weighted by Gasteiger charge is 2.26. The van der Waals surface area contributed by atoms with Crippen LogP contribution in [0.4, 0.5) is 0 Å². The summed E-state index contributed by atoms with van der Waals surface area (Å²) in [5.41, 5.74) is -0.0607. The Bertz CT molecular complexity index is 1180. The highest BCUT2D eigenvalue weighted by atomic mass is 16.2. The molecule has 134 valence electrons. The van der Waals surface area contributed by atoms with Gasteiger partial charge in [0.15, 0.2) is 0 Å². The largest absolute Gasteiger partial charge is 0.269 e. The highest BCUT2D eigenvalue weighted by Crippen LogP contribution is 2.23. The summed E-state index contributed by atoms with van der Waals surface area (Å²) in [6.45, 7) is 3.90. The molecule has 1 heterocycles. The summed E-state index contributed by atoms with van der Waals surface area (Å²) in [4.78, 5) is 26.9. The van der Waals surface area contributed by atoms with Gasteiger partial charge in [-0.15, -0.1) is 0 Å². The molecule has 0 aliphatic carbocycles. The molecule has 0 spiro atoms. The molecule has 3 heteroatoms. The van der Waals surface area contributed by atoms with Gasteiger partial charge >= 0.3 is 0 Å². The quantitative estimate of drug-likeness (QED) is 0.543. The van der Waals surface area contributed by atoms with Crippen LogP contribution < -0.4 is 11.1 Å². The minimum Gasteiger partial charge on any atom is -0.269 e. The highest BCUT2D eigenvalue weighted by molar-refractivity contribution is 6.05. The fraction of sp³-hybridized carbons (Fsp3) is 0.167. The molecule has 0 aliphatic heterocycles. The van der Waals surface area contributed by atoms with Crippen molar-refractivity contribution in [3.63, 3.8) is 0 Å². The molecule has 3 nitrogen and oxygen atoms in total. The Morgan fingerprint density at radius 3 is 1.52 bits per heavy atom. The zero-order valence-electron chi connectivity index (χ0n) is 15.5. The van der Waals surface area contributed by atoms with Crippen molar-refractivity contribution in [3.8, 4) is 0 Å². The second kappa shape index (κ2) is 6.51. The topological polar surface area (TPSA) is 39.1 Å². The first kappa shape index (κ1) is 17.2. The third kappa shape index (κ3) is 2.95. The summed E-state index contributed by atoms with van der Waals surface area (Å²) in [5, 5.41) is 2.75. The van der Waals surface area contributed by atoms with Crippen LogP contribution in [0.2, 0.25) is 0 Å². The second-order valence-electron chi connectivity index (χ2n) is 7.51. The van der Waals surface area contributed by atoms with Gasteiger partial charge in [0.05, 0.1) is 0 Å². The van der Waals surface area contributed by atoms with Crippen molar-refractivity contribution in [1.82, 2.24) is 4.57 Å². The van der Waals surface area contributed by atoms with Crippen molar-refractivity contribution in [3.05, 3.63) is 105 Å². The lowest BCUT2D eigenvalue weighted by atomic mass is 9.94. The molecule has 3 aromatic carbocycles. The number of hydrogen-bond acceptors (Lipinski definition) is 2. The molecule has 0 unspecified atom stereocenters. The van der Waals surface area contributed by atoms with Crippen LogP contribution >= 0.6 is 0 Å². The van der Waals surface area contributed by atoms with Gasteiger partial charge in [0, 0.05) is 16.3 Å². The number of hydrogen-bond donors (Lipinski definition) is 0. The Hall–Kier alpha value is -3.20. The SMILES string of the molecule is CC(C)(Cc1ccccc1)n1c(=O)c2ccccc2c2ccccc2c1=O. The Kier molecular flexibility index (Phi) is 4.15. The van der Waals surface area contributed by atoms with Crippen molar-refractivity contribution in [2.24, 2.45) is 0 Å². The summed E-state index contributed by atoms with van der Waals surface area (Å²) in [7, 11) is 0. The average molecular weight is 355 g/mol. The van der Waals surface area contributed by atoms with Crippen molar-refractivity contribution in [2.45, 2.75) is 25.8 Å². The molecule has 0 fully saturated rings. The van der Waals surface area contributed by atoms with E-state index < -0.39 is 5.54 Å². The van der Waals surface area contributed by atoms with Gasteiger partial charge in [-0.3, -0.25) is 14.2 Å². The Balaban J connectivity index is 2.11. The predicted octanol–water partition coefficient (Wildman–Crippen LogP) is 4.49. The van der Waals surface area contributed by atoms with E-state index >= 15 is 0 Å². The molecule has 0 radical (unpaired) electrons. The maximum Gasteiger partial charge on any atom is 0.261 e. The van der Waals surface area contributed by atoms with E-state index in [0.29, 0.717) is 17.2 Å². The molecule has 0 N–H and O–H groups in total. The number of benzene rings is 3. The Morgan fingerprint density at radius 2 is 1.04 bits per heavy atom. The predicted molar refractivity (Wildman–Crippen MR) is 111 cm³/mol. The van der Waals surface area contributed by atoms with Crippen LogP contribution in [0.15, 0.2) is 88.5 Å². The van der Waals surface area contributed by atoms with E-state index in [-0.39, 0.29) is 11.1 Å². The second-order valence-corrected chi connectivity index (χ2v) is 7.51. The number of aromatic nitrogens is 1. The fourth-order valence-corrected chi connectivity index (χ4v) is 3.87. The molecule has 1 aromatic heterocycles. The molecule has 0 bridgehead atoms. The zero-order valence-corrected chi connectivity index (χ0v) is 15.5. The van der Waals surface area contributed by atoms with Crippen molar-refractivity contribution >= 4 is 21.5 Å². The monoisotopic (exact) mass is 355 g/mol. The van der Waals surface area contributed by atoms with Gasteiger partial charge in [0.1, 0.15) is 0 Å². The average Bonchev–Trinajstić information content (AvgIpc) is 2.77. The first-order valence-electron chi connectivity index (χ1n) is 9.10. The van der Waals surface area contributed by atoms with Crippen molar-refractivity contribution in [2.75, 3.05) is 0 Å². The van der Waals surface area contributed by atoms with E-state index in [1.54, 1.807) is 12.1 Å². The Morgan fingerprint density at radius 1 is 0.630 bits per heavy atom. The first-order valence-corrected chi connectivity index (χ1v) is 9.10. The van der Waals surface area contributed by atoms with Gasteiger partial charge < -0.3 is 0 Å².